The quantitative estimate of drug-likeness (QED) is 0.557. The van der Waals surface area contributed by atoms with Gasteiger partial charge < -0.3 is 0 Å². The highest BCUT2D eigenvalue weighted by Crippen LogP contribution is 2.00. The molecule has 0 radical (unpaired) electrons. The Morgan fingerprint density at radius 3 is 2.73 bits per heavy atom. The first-order valence-corrected chi connectivity index (χ1v) is 4.49. The summed E-state index contributed by atoms with van der Waals surface area (Å²) in [5.41, 5.74) is 0.661. The van der Waals surface area contributed by atoms with Crippen molar-refractivity contribution in [2.45, 2.75) is 0 Å². The van der Waals surface area contributed by atoms with E-state index >= 15 is 0 Å². The van der Waals surface area contributed by atoms with E-state index in [2.05, 4.69) is 10.3 Å². The second kappa shape index (κ2) is 4.32. The zero-order chi connectivity index (χ0) is 10.5. The average Bonchev–Trinajstić information content (AvgIpc) is 2.80. The molecule has 0 aliphatic rings. The van der Waals surface area contributed by atoms with Crippen molar-refractivity contribution < 1.29 is 4.79 Å². The minimum Gasteiger partial charge on any atom is -0.289 e. The van der Waals surface area contributed by atoms with Gasteiger partial charge in [0.25, 0.3) is 0 Å². The topological polar surface area (TPSA) is 47.8 Å². The molecule has 0 aliphatic heterocycles. The van der Waals surface area contributed by atoms with Gasteiger partial charge in [-0.05, 0) is 0 Å². The van der Waals surface area contributed by atoms with Crippen molar-refractivity contribution in [3.8, 4) is 0 Å². The Morgan fingerprint density at radius 1 is 1.27 bits per heavy atom. The second-order valence-corrected chi connectivity index (χ2v) is 2.93. The van der Waals surface area contributed by atoms with Gasteiger partial charge in [0.1, 0.15) is 0 Å². The van der Waals surface area contributed by atoms with Crippen LogP contribution in [0.3, 0.4) is 0 Å². The third kappa shape index (κ3) is 2.37. The molecule has 0 amide bonds. The number of carbonyl (C=O) groups is 1. The van der Waals surface area contributed by atoms with Crippen LogP contribution >= 0.6 is 0 Å². The van der Waals surface area contributed by atoms with Crippen LogP contribution in [0.25, 0.3) is 6.20 Å². The molecule has 0 bridgehead atoms. The Hall–Kier alpha value is -2.23. The lowest BCUT2D eigenvalue weighted by Crippen LogP contribution is -1.95. The van der Waals surface area contributed by atoms with E-state index < -0.39 is 0 Å². The molecule has 0 spiro atoms. The number of aromatic nitrogens is 3. The number of hydrogen-bond acceptors (Lipinski definition) is 3. The van der Waals surface area contributed by atoms with Crippen LogP contribution < -0.4 is 0 Å². The number of carbonyl (C=O) groups excluding carboxylic acids is 1. The van der Waals surface area contributed by atoms with Gasteiger partial charge in [0.2, 0.25) is 0 Å². The monoisotopic (exact) mass is 199 g/mol. The molecule has 2 aromatic rings. The molecule has 1 heterocycles. The van der Waals surface area contributed by atoms with E-state index in [9.17, 15) is 4.79 Å². The summed E-state index contributed by atoms with van der Waals surface area (Å²) < 4.78 is 1.47. The molecule has 2 rings (SSSR count). The molecule has 1 aromatic carbocycles. The molecule has 4 nitrogen and oxygen atoms in total. The third-order valence-electron chi connectivity index (χ3n) is 1.88. The summed E-state index contributed by atoms with van der Waals surface area (Å²) in [6.07, 6.45) is 6.25. The predicted octanol–water partition coefficient (Wildman–Crippen LogP) is 1.63. The maximum absolute atomic E-state index is 11.6. The van der Waals surface area contributed by atoms with Gasteiger partial charge in [-0.15, -0.1) is 5.10 Å². The fraction of sp³-hybridized carbons (Fsp3) is 0. The van der Waals surface area contributed by atoms with Crippen molar-refractivity contribution in [1.82, 2.24) is 15.0 Å². The van der Waals surface area contributed by atoms with Gasteiger partial charge in [0, 0.05) is 17.8 Å². The van der Waals surface area contributed by atoms with Crippen LogP contribution in [0.5, 0.6) is 0 Å². The normalized spacial score (nSPS) is 10.7. The molecule has 4 heteroatoms. The van der Waals surface area contributed by atoms with Gasteiger partial charge in [0.05, 0.1) is 12.4 Å². The van der Waals surface area contributed by atoms with Crippen LogP contribution in [0.1, 0.15) is 10.4 Å². The zero-order valence-electron chi connectivity index (χ0n) is 7.95. The van der Waals surface area contributed by atoms with Crippen molar-refractivity contribution >= 4 is 12.0 Å². The highest BCUT2D eigenvalue weighted by atomic mass is 16.1. The first kappa shape index (κ1) is 9.33. The Morgan fingerprint density at radius 2 is 2.07 bits per heavy atom. The molecule has 1 aromatic heterocycles. The van der Waals surface area contributed by atoms with Crippen LogP contribution in [-0.4, -0.2) is 20.8 Å². The highest BCUT2D eigenvalue weighted by molar-refractivity contribution is 6.05. The van der Waals surface area contributed by atoms with Gasteiger partial charge in [-0.1, -0.05) is 35.5 Å². The van der Waals surface area contributed by atoms with Gasteiger partial charge in [-0.3, -0.25) is 4.79 Å². The number of benzene rings is 1. The lowest BCUT2D eigenvalue weighted by molar-refractivity contribution is 0.104. The number of rotatable bonds is 3. The van der Waals surface area contributed by atoms with Gasteiger partial charge in [0.15, 0.2) is 5.78 Å². The maximum atomic E-state index is 11.6. The lowest BCUT2D eigenvalue weighted by atomic mass is 10.1. The van der Waals surface area contributed by atoms with E-state index in [4.69, 9.17) is 0 Å². The van der Waals surface area contributed by atoms with Gasteiger partial charge in [-0.25, -0.2) is 4.68 Å². The molecular weight excluding hydrogens is 190 g/mol. The molecule has 0 N–H and O–H groups in total. The van der Waals surface area contributed by atoms with Crippen molar-refractivity contribution in [3.63, 3.8) is 0 Å². The number of ketones is 1. The van der Waals surface area contributed by atoms with Gasteiger partial charge >= 0.3 is 0 Å². The fourth-order valence-corrected chi connectivity index (χ4v) is 1.14. The summed E-state index contributed by atoms with van der Waals surface area (Å²) in [5, 5.41) is 7.33. The van der Waals surface area contributed by atoms with Crippen molar-refractivity contribution in [1.29, 1.82) is 0 Å². The first-order valence-electron chi connectivity index (χ1n) is 4.49. The summed E-state index contributed by atoms with van der Waals surface area (Å²) in [4.78, 5) is 11.6. The van der Waals surface area contributed by atoms with E-state index in [0.717, 1.165) is 0 Å². The molecule has 74 valence electrons. The number of nitrogens with zero attached hydrogens (tertiary/aromatic N) is 3. The minimum atomic E-state index is -0.0499. The van der Waals surface area contributed by atoms with Gasteiger partial charge in [-0.2, -0.15) is 0 Å². The van der Waals surface area contributed by atoms with Crippen LogP contribution in [0.2, 0.25) is 0 Å². The summed E-state index contributed by atoms with van der Waals surface area (Å²) >= 11 is 0. The van der Waals surface area contributed by atoms with Crippen LogP contribution in [0.4, 0.5) is 0 Å². The first-order chi connectivity index (χ1) is 7.36. The molecule has 0 saturated heterocycles. The minimum absolute atomic E-state index is 0.0499. The predicted molar refractivity (Wildman–Crippen MR) is 56.1 cm³/mol. The summed E-state index contributed by atoms with van der Waals surface area (Å²) in [7, 11) is 0. The largest absolute Gasteiger partial charge is 0.289 e. The second-order valence-electron chi connectivity index (χ2n) is 2.93. The maximum Gasteiger partial charge on any atom is 0.187 e. The SMILES string of the molecule is O=C(/C=C/n1ccnn1)c1ccccc1. The standard InChI is InChI=1S/C11H9N3O/c15-11(10-4-2-1-3-5-10)6-8-14-9-7-12-13-14/h1-9H/b8-6+. The van der Waals surface area contributed by atoms with Crippen molar-refractivity contribution in [3.05, 3.63) is 54.4 Å². The molecule has 0 atom stereocenters. The van der Waals surface area contributed by atoms with Crippen molar-refractivity contribution in [2.24, 2.45) is 0 Å². The number of hydrogen-bond donors (Lipinski definition) is 0. The Bertz CT molecular complexity index is 460. The van der Waals surface area contributed by atoms with E-state index in [1.165, 1.54) is 10.8 Å². The molecule has 15 heavy (non-hydrogen) atoms. The third-order valence-corrected chi connectivity index (χ3v) is 1.88. The fourth-order valence-electron chi connectivity index (χ4n) is 1.14. The van der Waals surface area contributed by atoms with Crippen LogP contribution in [0, 0.1) is 0 Å². The Balaban J connectivity index is 2.11. The van der Waals surface area contributed by atoms with E-state index in [-0.39, 0.29) is 5.78 Å². The summed E-state index contributed by atoms with van der Waals surface area (Å²) in [6.45, 7) is 0. The summed E-state index contributed by atoms with van der Waals surface area (Å²) in [6, 6.07) is 9.08. The summed E-state index contributed by atoms with van der Waals surface area (Å²) in [5.74, 6) is -0.0499. The molecule has 0 fully saturated rings. The van der Waals surface area contributed by atoms with Crippen LogP contribution in [-0.2, 0) is 0 Å². The van der Waals surface area contributed by atoms with E-state index in [0.29, 0.717) is 5.56 Å². The van der Waals surface area contributed by atoms with Crippen LogP contribution in [0.15, 0.2) is 48.8 Å². The lowest BCUT2D eigenvalue weighted by Gasteiger charge is -1.93. The molecule has 0 saturated carbocycles. The number of allylic oxidation sites excluding steroid dienone is 1. The molecule has 0 aliphatic carbocycles. The smallest absolute Gasteiger partial charge is 0.187 e. The highest BCUT2D eigenvalue weighted by Gasteiger charge is 1.98. The van der Waals surface area contributed by atoms with Crippen molar-refractivity contribution in [2.75, 3.05) is 0 Å². The van der Waals surface area contributed by atoms with E-state index in [1.807, 2.05) is 18.2 Å². The molecule has 0 unspecified atom stereocenters. The van der Waals surface area contributed by atoms with E-state index in [1.54, 1.807) is 30.7 Å². The zero-order valence-corrected chi connectivity index (χ0v) is 7.95. The molecular formula is C11H9N3O. The Kier molecular flexibility index (Phi) is 2.69. The average molecular weight is 199 g/mol. The Labute approximate surface area is 86.9 Å².